The number of carboxylic acid groups (broad SMARTS) is 1. The molecule has 0 aliphatic rings. The number of alkyl halides is 3. The van der Waals surface area contributed by atoms with Gasteiger partial charge in [-0.25, -0.2) is 4.79 Å². The van der Waals surface area contributed by atoms with Gasteiger partial charge in [0.2, 0.25) is 0 Å². The van der Waals surface area contributed by atoms with E-state index in [1.807, 2.05) is 0 Å². The Kier molecular flexibility index (Phi) is 2.23. The van der Waals surface area contributed by atoms with Crippen LogP contribution in [-0.2, 0) is 6.18 Å². The lowest BCUT2D eigenvalue weighted by Gasteiger charge is -2.02. The quantitative estimate of drug-likeness (QED) is 0.807. The molecule has 0 spiro atoms. The number of aromatic hydroxyl groups is 1. The Morgan fingerprint density at radius 1 is 1.35 bits per heavy atom. The van der Waals surface area contributed by atoms with Crippen molar-refractivity contribution in [3.63, 3.8) is 0 Å². The third-order valence-electron chi connectivity index (χ3n) is 2.10. The summed E-state index contributed by atoms with van der Waals surface area (Å²) < 4.78 is 41.7. The number of hydrogen-bond acceptors (Lipinski definition) is 4. The topological polar surface area (TPSA) is 83.6 Å². The van der Waals surface area contributed by atoms with Crippen LogP contribution in [0.2, 0.25) is 0 Å². The molecule has 1 aromatic carbocycles. The van der Waals surface area contributed by atoms with Gasteiger partial charge in [-0.1, -0.05) is 5.16 Å². The summed E-state index contributed by atoms with van der Waals surface area (Å²) in [6.45, 7) is 0. The first-order valence-corrected chi connectivity index (χ1v) is 4.24. The van der Waals surface area contributed by atoms with Crippen LogP contribution in [0.1, 0.15) is 16.1 Å². The second-order valence-electron chi connectivity index (χ2n) is 3.17. The van der Waals surface area contributed by atoms with Crippen LogP contribution >= 0.6 is 0 Å². The minimum Gasteiger partial charge on any atom is -0.507 e. The molecule has 2 N–H and O–H groups in total. The molecule has 0 aliphatic carbocycles. The van der Waals surface area contributed by atoms with E-state index in [1.165, 1.54) is 0 Å². The summed E-state index contributed by atoms with van der Waals surface area (Å²) in [6.07, 6.45) is -4.75. The Balaban J connectivity index is 2.82. The van der Waals surface area contributed by atoms with Crippen LogP contribution in [0.4, 0.5) is 13.2 Å². The number of phenols is 1. The first kappa shape index (κ1) is 11.2. The van der Waals surface area contributed by atoms with E-state index in [4.69, 9.17) is 5.11 Å². The van der Waals surface area contributed by atoms with Gasteiger partial charge in [-0.3, -0.25) is 0 Å². The molecule has 2 aromatic rings. The number of benzene rings is 1. The first-order valence-electron chi connectivity index (χ1n) is 4.24. The van der Waals surface area contributed by atoms with Gasteiger partial charge in [0.25, 0.3) is 0 Å². The number of nitrogens with zero attached hydrogens (tertiary/aromatic N) is 1. The van der Waals surface area contributed by atoms with Crippen LogP contribution in [0, 0.1) is 0 Å². The van der Waals surface area contributed by atoms with Gasteiger partial charge in [0, 0.05) is 0 Å². The van der Waals surface area contributed by atoms with Gasteiger partial charge in [-0.2, -0.15) is 13.2 Å². The van der Waals surface area contributed by atoms with Gasteiger partial charge in [0.1, 0.15) is 11.3 Å². The van der Waals surface area contributed by atoms with Gasteiger partial charge in [0.05, 0.1) is 5.39 Å². The maximum atomic E-state index is 12.5. The normalized spacial score (nSPS) is 11.9. The van der Waals surface area contributed by atoms with Crippen molar-refractivity contribution in [2.24, 2.45) is 0 Å². The van der Waals surface area contributed by atoms with E-state index in [0.29, 0.717) is 0 Å². The van der Waals surface area contributed by atoms with E-state index < -0.39 is 40.1 Å². The summed E-state index contributed by atoms with van der Waals surface area (Å²) in [5.74, 6) is -2.28. The second kappa shape index (κ2) is 3.37. The highest BCUT2D eigenvalue weighted by Crippen LogP contribution is 2.37. The largest absolute Gasteiger partial charge is 0.507 e. The Morgan fingerprint density at radius 3 is 2.53 bits per heavy atom. The molecule has 1 aromatic heterocycles. The Labute approximate surface area is 91.1 Å². The molecule has 0 saturated heterocycles. The number of carboxylic acids is 1. The molecular formula is C9H4F3NO4. The van der Waals surface area contributed by atoms with Crippen molar-refractivity contribution in [2.75, 3.05) is 0 Å². The molecule has 2 rings (SSSR count). The summed E-state index contributed by atoms with van der Waals surface area (Å²) in [5.41, 5.74) is -2.68. The highest BCUT2D eigenvalue weighted by Gasteiger charge is 2.38. The number of fused-ring (bicyclic) bond motifs is 1. The zero-order chi connectivity index (χ0) is 12.8. The standard InChI is InChI=1S/C9H4F3NO4/c10-9(11,12)7-3-1-2-4(14)5(8(15)16)6(3)17-13-7/h1-2,14H,(H,15,16). The fourth-order valence-corrected chi connectivity index (χ4v) is 1.41. The SMILES string of the molecule is O=C(O)c1c(O)ccc2c(C(F)(F)F)noc12. The van der Waals surface area contributed by atoms with Gasteiger partial charge in [0.15, 0.2) is 11.3 Å². The fourth-order valence-electron chi connectivity index (χ4n) is 1.41. The number of halogens is 3. The van der Waals surface area contributed by atoms with Crippen LogP contribution < -0.4 is 0 Å². The number of hydrogen-bond donors (Lipinski definition) is 2. The molecule has 90 valence electrons. The number of aromatic nitrogens is 1. The Morgan fingerprint density at radius 2 is 2.00 bits per heavy atom. The number of rotatable bonds is 1. The lowest BCUT2D eigenvalue weighted by Crippen LogP contribution is -2.05. The van der Waals surface area contributed by atoms with E-state index >= 15 is 0 Å². The van der Waals surface area contributed by atoms with Crippen LogP contribution in [0.15, 0.2) is 16.7 Å². The van der Waals surface area contributed by atoms with E-state index in [-0.39, 0.29) is 0 Å². The zero-order valence-electron chi connectivity index (χ0n) is 7.95. The minimum absolute atomic E-state index is 0.507. The van der Waals surface area contributed by atoms with Crippen molar-refractivity contribution in [2.45, 2.75) is 6.18 Å². The predicted molar refractivity (Wildman–Crippen MR) is 47.6 cm³/mol. The van der Waals surface area contributed by atoms with Crippen molar-refractivity contribution in [1.29, 1.82) is 0 Å². The molecule has 0 radical (unpaired) electrons. The molecule has 0 saturated carbocycles. The van der Waals surface area contributed by atoms with Crippen molar-refractivity contribution in [1.82, 2.24) is 5.16 Å². The van der Waals surface area contributed by atoms with E-state index in [0.717, 1.165) is 12.1 Å². The molecule has 8 heteroatoms. The molecule has 0 atom stereocenters. The minimum atomic E-state index is -4.75. The van der Waals surface area contributed by atoms with Crippen LogP contribution in [0.5, 0.6) is 5.75 Å². The van der Waals surface area contributed by atoms with Crippen molar-refractivity contribution < 1.29 is 32.7 Å². The zero-order valence-corrected chi connectivity index (χ0v) is 7.95. The maximum absolute atomic E-state index is 12.5. The van der Waals surface area contributed by atoms with E-state index in [2.05, 4.69) is 9.68 Å². The van der Waals surface area contributed by atoms with Gasteiger partial charge in [-0.05, 0) is 12.1 Å². The molecule has 0 unspecified atom stereocenters. The number of aromatic carboxylic acids is 1. The average molecular weight is 247 g/mol. The molecule has 0 amide bonds. The summed E-state index contributed by atoms with van der Waals surface area (Å²) in [4.78, 5) is 10.8. The molecule has 0 aliphatic heterocycles. The third-order valence-corrected chi connectivity index (χ3v) is 2.10. The number of carbonyl (C=O) groups is 1. The van der Waals surface area contributed by atoms with E-state index in [9.17, 15) is 23.1 Å². The summed E-state index contributed by atoms with van der Waals surface area (Å²) in [5, 5.41) is 20.3. The van der Waals surface area contributed by atoms with Gasteiger partial charge < -0.3 is 14.7 Å². The first-order chi connectivity index (χ1) is 7.82. The van der Waals surface area contributed by atoms with Crippen LogP contribution in [0.25, 0.3) is 11.0 Å². The molecule has 0 fully saturated rings. The van der Waals surface area contributed by atoms with Crippen molar-refractivity contribution >= 4 is 16.9 Å². The summed E-state index contributed by atoms with van der Waals surface area (Å²) in [7, 11) is 0. The van der Waals surface area contributed by atoms with Crippen LogP contribution in [0.3, 0.4) is 0 Å². The smallest absolute Gasteiger partial charge is 0.437 e. The summed E-state index contributed by atoms with van der Waals surface area (Å²) >= 11 is 0. The predicted octanol–water partition coefficient (Wildman–Crippen LogP) is 2.25. The Bertz CT molecular complexity index is 602. The molecular weight excluding hydrogens is 243 g/mol. The summed E-state index contributed by atoms with van der Waals surface area (Å²) in [6, 6.07) is 1.74. The van der Waals surface area contributed by atoms with Crippen molar-refractivity contribution in [3.05, 3.63) is 23.4 Å². The van der Waals surface area contributed by atoms with Gasteiger partial charge >= 0.3 is 12.1 Å². The highest BCUT2D eigenvalue weighted by atomic mass is 19.4. The van der Waals surface area contributed by atoms with Crippen LogP contribution in [-0.4, -0.2) is 21.3 Å². The molecule has 0 bridgehead atoms. The lowest BCUT2D eigenvalue weighted by atomic mass is 10.1. The maximum Gasteiger partial charge on any atom is 0.437 e. The highest BCUT2D eigenvalue weighted by molar-refractivity contribution is 6.04. The van der Waals surface area contributed by atoms with E-state index in [1.54, 1.807) is 0 Å². The molecule has 5 nitrogen and oxygen atoms in total. The molecule has 17 heavy (non-hydrogen) atoms. The van der Waals surface area contributed by atoms with Gasteiger partial charge in [-0.15, -0.1) is 0 Å². The van der Waals surface area contributed by atoms with Crippen molar-refractivity contribution in [3.8, 4) is 5.75 Å². The lowest BCUT2D eigenvalue weighted by molar-refractivity contribution is -0.141. The second-order valence-corrected chi connectivity index (χ2v) is 3.17. The third kappa shape index (κ3) is 1.67. The average Bonchev–Trinajstić information content (AvgIpc) is 2.59. The fraction of sp³-hybridized carbons (Fsp3) is 0.111. The molecule has 1 heterocycles. The Hall–Kier alpha value is -2.25. The monoisotopic (exact) mass is 247 g/mol.